The molecule has 1 aliphatic rings. The quantitative estimate of drug-likeness (QED) is 0.604. The van der Waals surface area contributed by atoms with Crippen LogP contribution >= 0.6 is 0 Å². The van der Waals surface area contributed by atoms with E-state index in [0.29, 0.717) is 29.5 Å². The van der Waals surface area contributed by atoms with E-state index in [9.17, 15) is 18.0 Å². The fourth-order valence-electron chi connectivity index (χ4n) is 4.56. The molecule has 0 saturated heterocycles. The highest BCUT2D eigenvalue weighted by atomic mass is 19.1. The van der Waals surface area contributed by atoms with Gasteiger partial charge in [0.25, 0.3) is 0 Å². The van der Waals surface area contributed by atoms with Gasteiger partial charge in [-0.05, 0) is 75.7 Å². The molecule has 1 aromatic heterocycles. The third-order valence-corrected chi connectivity index (χ3v) is 6.28. The number of H-pyrrole nitrogens is 1. The smallest absolute Gasteiger partial charge is 0.408 e. The Morgan fingerprint density at radius 2 is 1.77 bits per heavy atom. The van der Waals surface area contributed by atoms with Crippen molar-refractivity contribution in [2.24, 2.45) is 0 Å². The van der Waals surface area contributed by atoms with Gasteiger partial charge in [0.1, 0.15) is 17.5 Å². The first kappa shape index (κ1) is 20.7. The lowest BCUT2D eigenvalue weighted by Gasteiger charge is -2.35. The van der Waals surface area contributed by atoms with Gasteiger partial charge < -0.3 is 9.32 Å². The van der Waals surface area contributed by atoms with Crippen molar-refractivity contribution in [2.75, 3.05) is 13.6 Å². The number of hydrogen-bond acceptors (Lipinski definition) is 3. The Morgan fingerprint density at radius 1 is 1.07 bits per heavy atom. The number of rotatable bonds is 6. The summed E-state index contributed by atoms with van der Waals surface area (Å²) in [5.41, 5.74) is 2.46. The van der Waals surface area contributed by atoms with Crippen LogP contribution in [0.4, 0.5) is 13.2 Å². The number of nitrogens with one attached hydrogen (secondary N) is 1. The van der Waals surface area contributed by atoms with Crippen LogP contribution in [0.25, 0.3) is 11.1 Å². The maximum atomic E-state index is 13.8. The van der Waals surface area contributed by atoms with Gasteiger partial charge >= 0.3 is 5.76 Å². The maximum absolute atomic E-state index is 13.8. The van der Waals surface area contributed by atoms with Gasteiger partial charge in [0.2, 0.25) is 0 Å². The van der Waals surface area contributed by atoms with Crippen molar-refractivity contribution in [3.63, 3.8) is 0 Å². The Bertz CT molecular complexity index is 1060. The van der Waals surface area contributed by atoms with Crippen LogP contribution in [-0.2, 0) is 6.42 Å². The molecular formula is C23H25F3N2O2. The molecule has 0 bridgehead atoms. The Labute approximate surface area is 172 Å². The number of hydrogen-bond donors (Lipinski definition) is 1. The fourth-order valence-corrected chi connectivity index (χ4v) is 4.56. The monoisotopic (exact) mass is 418 g/mol. The normalized spacial score (nSPS) is 19.6. The zero-order chi connectivity index (χ0) is 21.3. The first-order valence-electron chi connectivity index (χ1n) is 10.4. The first-order chi connectivity index (χ1) is 14.4. The summed E-state index contributed by atoms with van der Waals surface area (Å²) in [7, 11) is 2.04. The molecule has 1 fully saturated rings. The number of aromatic nitrogens is 1. The standard InChI is InChI=1S/C23H25F3N2O2/c1-28(10-2-3-18-19(25)12-16(24)13-20(18)26)17-7-4-14(5-8-17)15-6-9-21-22(11-15)30-23(29)27-21/h6,9,11-14,17H,2-5,7-8,10H2,1H3,(H,27,29)/t14-,17-. The number of aromatic amines is 1. The summed E-state index contributed by atoms with van der Waals surface area (Å²) in [6, 6.07) is 7.79. The highest BCUT2D eigenvalue weighted by Gasteiger charge is 2.25. The molecule has 1 aliphatic carbocycles. The van der Waals surface area contributed by atoms with Crippen molar-refractivity contribution in [1.29, 1.82) is 0 Å². The van der Waals surface area contributed by atoms with E-state index in [1.54, 1.807) is 0 Å². The van der Waals surface area contributed by atoms with Crippen LogP contribution in [0.2, 0.25) is 0 Å². The summed E-state index contributed by atoms with van der Waals surface area (Å²) in [5, 5.41) is 0. The summed E-state index contributed by atoms with van der Waals surface area (Å²) in [5.74, 6) is -2.52. The van der Waals surface area contributed by atoms with Gasteiger partial charge in [-0.15, -0.1) is 0 Å². The minimum Gasteiger partial charge on any atom is -0.408 e. The molecule has 1 heterocycles. The summed E-state index contributed by atoms with van der Waals surface area (Å²) in [6.45, 7) is 0.728. The summed E-state index contributed by atoms with van der Waals surface area (Å²) in [6.07, 6.45) is 5.01. The van der Waals surface area contributed by atoms with Crippen LogP contribution < -0.4 is 5.76 Å². The fraction of sp³-hybridized carbons (Fsp3) is 0.435. The molecule has 0 aliphatic heterocycles. The van der Waals surface area contributed by atoms with Crippen molar-refractivity contribution in [1.82, 2.24) is 9.88 Å². The average molecular weight is 418 g/mol. The number of nitrogens with zero attached hydrogens (tertiary/aromatic N) is 1. The van der Waals surface area contributed by atoms with E-state index in [1.165, 1.54) is 5.56 Å². The third kappa shape index (κ3) is 4.46. The van der Waals surface area contributed by atoms with Gasteiger partial charge in [0.15, 0.2) is 5.58 Å². The molecular weight excluding hydrogens is 393 g/mol. The van der Waals surface area contributed by atoms with E-state index in [2.05, 4.69) is 9.88 Å². The summed E-state index contributed by atoms with van der Waals surface area (Å²) in [4.78, 5) is 16.2. The lowest BCUT2D eigenvalue weighted by atomic mass is 9.81. The van der Waals surface area contributed by atoms with E-state index >= 15 is 0 Å². The van der Waals surface area contributed by atoms with Gasteiger partial charge in [0, 0.05) is 23.7 Å². The second kappa shape index (κ2) is 8.68. The minimum absolute atomic E-state index is 0.0414. The molecule has 1 saturated carbocycles. The van der Waals surface area contributed by atoms with E-state index in [4.69, 9.17) is 4.42 Å². The molecule has 4 nitrogen and oxygen atoms in total. The topological polar surface area (TPSA) is 49.2 Å². The van der Waals surface area contributed by atoms with Crippen molar-refractivity contribution >= 4 is 11.1 Å². The third-order valence-electron chi connectivity index (χ3n) is 6.28. The SMILES string of the molecule is CN(CCCc1c(F)cc(F)cc1F)[C@H]1CC[C@H](c2ccc3[nH]c(=O)oc3c2)CC1. The molecule has 3 aromatic rings. The Kier molecular flexibility index (Phi) is 5.99. The molecule has 2 aromatic carbocycles. The highest BCUT2D eigenvalue weighted by Crippen LogP contribution is 2.35. The van der Waals surface area contributed by atoms with E-state index < -0.39 is 23.2 Å². The van der Waals surface area contributed by atoms with Crippen molar-refractivity contribution < 1.29 is 17.6 Å². The predicted molar refractivity (Wildman–Crippen MR) is 109 cm³/mol. The lowest BCUT2D eigenvalue weighted by molar-refractivity contribution is 0.180. The molecule has 30 heavy (non-hydrogen) atoms. The van der Waals surface area contributed by atoms with Gasteiger partial charge in [-0.2, -0.15) is 0 Å². The largest absolute Gasteiger partial charge is 0.417 e. The number of fused-ring (bicyclic) bond motifs is 1. The zero-order valence-corrected chi connectivity index (χ0v) is 16.9. The van der Waals surface area contributed by atoms with Crippen LogP contribution in [0.15, 0.2) is 39.5 Å². The summed E-state index contributed by atoms with van der Waals surface area (Å²) < 4.78 is 45.7. The van der Waals surface area contributed by atoms with E-state index in [1.807, 2.05) is 25.2 Å². The van der Waals surface area contributed by atoms with Crippen LogP contribution in [0.3, 0.4) is 0 Å². The van der Waals surface area contributed by atoms with Crippen LogP contribution in [-0.4, -0.2) is 29.5 Å². The molecule has 0 radical (unpaired) electrons. The second-order valence-electron chi connectivity index (χ2n) is 8.21. The van der Waals surface area contributed by atoms with Crippen molar-refractivity contribution in [2.45, 2.75) is 50.5 Å². The Morgan fingerprint density at radius 3 is 2.47 bits per heavy atom. The van der Waals surface area contributed by atoms with Gasteiger partial charge in [-0.25, -0.2) is 18.0 Å². The molecule has 0 amide bonds. The summed E-state index contributed by atoms with van der Waals surface area (Å²) >= 11 is 0. The molecule has 0 atom stereocenters. The maximum Gasteiger partial charge on any atom is 0.417 e. The number of benzene rings is 2. The van der Waals surface area contributed by atoms with Gasteiger partial charge in [0.05, 0.1) is 5.52 Å². The lowest BCUT2D eigenvalue weighted by Crippen LogP contribution is -2.35. The average Bonchev–Trinajstić information content (AvgIpc) is 3.09. The molecule has 0 unspecified atom stereocenters. The van der Waals surface area contributed by atoms with E-state index in [0.717, 1.165) is 44.4 Å². The first-order valence-corrected chi connectivity index (χ1v) is 10.4. The van der Waals surface area contributed by atoms with Crippen LogP contribution in [0.1, 0.15) is 49.1 Å². The highest BCUT2D eigenvalue weighted by molar-refractivity contribution is 5.72. The molecule has 1 N–H and O–H groups in total. The van der Waals surface area contributed by atoms with Gasteiger partial charge in [-0.1, -0.05) is 6.07 Å². The molecule has 7 heteroatoms. The Hall–Kier alpha value is -2.54. The van der Waals surface area contributed by atoms with Crippen molar-refractivity contribution in [3.8, 4) is 0 Å². The zero-order valence-electron chi connectivity index (χ0n) is 16.9. The number of oxazole rings is 1. The van der Waals surface area contributed by atoms with Crippen LogP contribution in [0, 0.1) is 17.5 Å². The molecule has 160 valence electrons. The van der Waals surface area contributed by atoms with Gasteiger partial charge in [-0.3, -0.25) is 4.98 Å². The Balaban J connectivity index is 1.28. The second-order valence-corrected chi connectivity index (χ2v) is 8.21. The molecule has 4 rings (SSSR count). The molecule has 0 spiro atoms. The minimum atomic E-state index is -0.888. The van der Waals surface area contributed by atoms with E-state index in [-0.39, 0.29) is 12.0 Å². The van der Waals surface area contributed by atoms with Crippen molar-refractivity contribution in [3.05, 3.63) is 69.5 Å². The predicted octanol–water partition coefficient (Wildman–Crippen LogP) is 5.13. The van der Waals surface area contributed by atoms with Crippen LogP contribution in [0.5, 0.6) is 0 Å². The number of halogens is 3.